The van der Waals surface area contributed by atoms with Crippen molar-refractivity contribution in [1.29, 1.82) is 0 Å². The first kappa shape index (κ1) is 30.1. The Balaban J connectivity index is 1.52. The van der Waals surface area contributed by atoms with E-state index in [9.17, 15) is 0 Å². The second-order valence-electron chi connectivity index (χ2n) is 15.1. The summed E-state index contributed by atoms with van der Waals surface area (Å²) in [7, 11) is 0. The van der Waals surface area contributed by atoms with Crippen molar-refractivity contribution in [2.75, 3.05) is 0 Å². The Morgan fingerprint density at radius 3 is 1.25 bits per heavy atom. The first-order chi connectivity index (χ1) is 20.8. The van der Waals surface area contributed by atoms with E-state index in [1.807, 2.05) is 0 Å². The third kappa shape index (κ3) is 5.23. The third-order valence-corrected chi connectivity index (χ3v) is 10.2. The van der Waals surface area contributed by atoms with Crippen LogP contribution in [0.25, 0.3) is 44.5 Å². The highest BCUT2D eigenvalue weighted by atomic mass is 14.4. The summed E-state index contributed by atoms with van der Waals surface area (Å²) in [4.78, 5) is 0. The molecule has 224 valence electrons. The molecule has 0 N–H and O–H groups in total. The predicted octanol–water partition coefficient (Wildman–Crippen LogP) is 12.7. The van der Waals surface area contributed by atoms with Crippen LogP contribution in [0.5, 0.6) is 0 Å². The van der Waals surface area contributed by atoms with Gasteiger partial charge in [0.15, 0.2) is 0 Å². The average Bonchev–Trinajstić information content (AvgIpc) is 3.28. The van der Waals surface area contributed by atoms with Crippen LogP contribution >= 0.6 is 0 Å². The molecule has 44 heavy (non-hydrogen) atoms. The van der Waals surface area contributed by atoms with Crippen LogP contribution in [0.2, 0.25) is 0 Å². The molecule has 1 aliphatic rings. The van der Waals surface area contributed by atoms with E-state index in [1.54, 1.807) is 0 Å². The van der Waals surface area contributed by atoms with Gasteiger partial charge in [0, 0.05) is 5.41 Å². The lowest BCUT2D eigenvalue weighted by Gasteiger charge is -2.30. The molecule has 0 radical (unpaired) electrons. The van der Waals surface area contributed by atoms with Gasteiger partial charge < -0.3 is 0 Å². The number of fused-ring (bicyclic) bond motifs is 3. The van der Waals surface area contributed by atoms with E-state index in [-0.39, 0.29) is 16.2 Å². The maximum absolute atomic E-state index is 2.51. The zero-order valence-corrected chi connectivity index (χ0v) is 28.2. The summed E-state index contributed by atoms with van der Waals surface area (Å²) >= 11 is 0. The monoisotopic (exact) mass is 576 g/mol. The van der Waals surface area contributed by atoms with Gasteiger partial charge in [-0.2, -0.15) is 0 Å². The van der Waals surface area contributed by atoms with Gasteiger partial charge in [0.1, 0.15) is 0 Å². The van der Waals surface area contributed by atoms with E-state index in [1.165, 1.54) is 72.3 Å². The standard InChI is InChI=1S/C44H48/c1-10-44(11-2)40-24-29(3)12-22-38(40)39-23-17-32(28-41(39)44)35-26-33(30-13-18-36(19-14-30)42(4,5)6)25-34(27-35)31-15-20-37(21-16-31)43(7,8)9/h12-28H,10-11H2,1-9H3. The van der Waals surface area contributed by atoms with Crippen LogP contribution in [0, 0.1) is 6.92 Å². The van der Waals surface area contributed by atoms with Crippen LogP contribution in [0.15, 0.2) is 103 Å². The summed E-state index contributed by atoms with van der Waals surface area (Å²) < 4.78 is 0. The van der Waals surface area contributed by atoms with Gasteiger partial charge in [-0.3, -0.25) is 0 Å². The number of hydrogen-bond donors (Lipinski definition) is 0. The molecule has 0 fully saturated rings. The molecule has 0 unspecified atom stereocenters. The molecule has 0 nitrogen and oxygen atoms in total. The second kappa shape index (κ2) is 10.9. The van der Waals surface area contributed by atoms with E-state index in [0.717, 1.165) is 12.8 Å². The highest BCUT2D eigenvalue weighted by Crippen LogP contribution is 2.53. The summed E-state index contributed by atoms with van der Waals surface area (Å²) in [6.07, 6.45) is 2.20. The molecule has 0 bridgehead atoms. The smallest absolute Gasteiger partial charge is 0.0210 e. The third-order valence-electron chi connectivity index (χ3n) is 10.2. The van der Waals surface area contributed by atoms with Crippen LogP contribution in [0.1, 0.15) is 96.0 Å². The summed E-state index contributed by atoms with van der Waals surface area (Å²) in [5.41, 5.74) is 17.8. The van der Waals surface area contributed by atoms with E-state index >= 15 is 0 Å². The van der Waals surface area contributed by atoms with Gasteiger partial charge in [0.25, 0.3) is 0 Å². The molecule has 5 aromatic carbocycles. The van der Waals surface area contributed by atoms with E-state index in [0.29, 0.717) is 0 Å². The Bertz CT molecular complexity index is 1740. The number of benzene rings is 5. The first-order valence-electron chi connectivity index (χ1n) is 16.5. The van der Waals surface area contributed by atoms with Crippen LogP contribution < -0.4 is 0 Å². The van der Waals surface area contributed by atoms with Crippen molar-refractivity contribution < 1.29 is 0 Å². The van der Waals surface area contributed by atoms with Gasteiger partial charge in [-0.15, -0.1) is 0 Å². The molecule has 0 heteroatoms. The lowest BCUT2D eigenvalue weighted by Crippen LogP contribution is -2.23. The molecule has 0 spiro atoms. The fourth-order valence-corrected chi connectivity index (χ4v) is 7.25. The molecule has 1 aliphatic carbocycles. The molecule has 0 amide bonds. The molecule has 0 aliphatic heterocycles. The molecule has 0 saturated carbocycles. The van der Waals surface area contributed by atoms with Crippen molar-refractivity contribution in [1.82, 2.24) is 0 Å². The Morgan fingerprint density at radius 2 is 0.818 bits per heavy atom. The highest BCUT2D eigenvalue weighted by Gasteiger charge is 2.40. The van der Waals surface area contributed by atoms with Gasteiger partial charge in [0.05, 0.1) is 0 Å². The van der Waals surface area contributed by atoms with Crippen molar-refractivity contribution in [3.63, 3.8) is 0 Å². The van der Waals surface area contributed by atoms with Crippen molar-refractivity contribution in [3.05, 3.63) is 131 Å². The SMILES string of the molecule is CCC1(CC)c2cc(C)ccc2-c2ccc(-c3cc(-c4ccc(C(C)(C)C)cc4)cc(-c4ccc(C(C)(C)C)cc4)c3)cc21. The Labute approximate surface area is 266 Å². The molecule has 5 aromatic rings. The molecular weight excluding hydrogens is 528 g/mol. The van der Waals surface area contributed by atoms with Crippen LogP contribution in [-0.2, 0) is 16.2 Å². The Kier molecular flexibility index (Phi) is 7.48. The Morgan fingerprint density at radius 1 is 0.432 bits per heavy atom. The quantitative estimate of drug-likeness (QED) is 0.195. The minimum atomic E-state index is 0.0543. The second-order valence-corrected chi connectivity index (χ2v) is 15.1. The largest absolute Gasteiger partial charge is 0.0642 e. The van der Waals surface area contributed by atoms with E-state index in [2.05, 4.69) is 165 Å². The van der Waals surface area contributed by atoms with Gasteiger partial charge in [-0.05, 0) is 122 Å². The fraction of sp³-hybridized carbons (Fsp3) is 0.318. The molecule has 0 heterocycles. The first-order valence-corrected chi connectivity index (χ1v) is 16.5. The predicted molar refractivity (Wildman–Crippen MR) is 192 cm³/mol. The average molecular weight is 577 g/mol. The minimum absolute atomic E-state index is 0.0543. The zero-order valence-electron chi connectivity index (χ0n) is 28.2. The number of rotatable bonds is 5. The highest BCUT2D eigenvalue weighted by molar-refractivity contribution is 5.86. The molecule has 6 rings (SSSR count). The maximum Gasteiger partial charge on any atom is 0.0210 e. The number of hydrogen-bond acceptors (Lipinski definition) is 0. The van der Waals surface area contributed by atoms with Gasteiger partial charge >= 0.3 is 0 Å². The van der Waals surface area contributed by atoms with Gasteiger partial charge in [0.2, 0.25) is 0 Å². The summed E-state index contributed by atoms with van der Waals surface area (Å²) in [6, 6.07) is 39.8. The Hall–Kier alpha value is -3.90. The lowest BCUT2D eigenvalue weighted by molar-refractivity contribution is 0.490. The van der Waals surface area contributed by atoms with Crippen LogP contribution in [-0.4, -0.2) is 0 Å². The van der Waals surface area contributed by atoms with Gasteiger partial charge in [-0.25, -0.2) is 0 Å². The van der Waals surface area contributed by atoms with Crippen molar-refractivity contribution in [2.45, 2.75) is 91.4 Å². The maximum atomic E-state index is 2.51. The minimum Gasteiger partial charge on any atom is -0.0642 e. The summed E-state index contributed by atoms with van der Waals surface area (Å²) in [6.45, 7) is 20.6. The van der Waals surface area contributed by atoms with E-state index < -0.39 is 0 Å². The summed E-state index contributed by atoms with van der Waals surface area (Å²) in [5, 5.41) is 0. The fourth-order valence-electron chi connectivity index (χ4n) is 7.25. The van der Waals surface area contributed by atoms with Crippen molar-refractivity contribution in [3.8, 4) is 44.5 Å². The lowest BCUT2D eigenvalue weighted by atomic mass is 9.73. The zero-order chi connectivity index (χ0) is 31.4. The topological polar surface area (TPSA) is 0 Å². The normalized spacial score (nSPS) is 13.9. The van der Waals surface area contributed by atoms with Gasteiger partial charge in [-0.1, -0.05) is 140 Å². The van der Waals surface area contributed by atoms with Crippen LogP contribution in [0.3, 0.4) is 0 Å². The number of aryl methyl sites for hydroxylation is 1. The van der Waals surface area contributed by atoms with E-state index in [4.69, 9.17) is 0 Å². The molecular formula is C44H48. The van der Waals surface area contributed by atoms with Crippen LogP contribution in [0.4, 0.5) is 0 Å². The molecule has 0 atom stereocenters. The van der Waals surface area contributed by atoms with Crippen molar-refractivity contribution in [2.24, 2.45) is 0 Å². The molecule has 0 aromatic heterocycles. The summed E-state index contributed by atoms with van der Waals surface area (Å²) in [5.74, 6) is 0. The molecule has 0 saturated heterocycles. The van der Waals surface area contributed by atoms with Crippen molar-refractivity contribution >= 4 is 0 Å².